The Hall–Kier alpha value is -2.31. The molecule has 82 valence electrons. The van der Waals surface area contributed by atoms with Crippen LogP contribution in [0.1, 0.15) is 5.56 Å². The fraction of sp³-hybridized carbons (Fsp3) is 0.222. The third-order valence-electron chi connectivity index (χ3n) is 2.21. The van der Waals surface area contributed by atoms with Gasteiger partial charge < -0.3 is 9.47 Å². The van der Waals surface area contributed by atoms with Crippen molar-refractivity contribution in [2.45, 2.75) is 6.54 Å². The van der Waals surface area contributed by atoms with Crippen molar-refractivity contribution in [2.75, 3.05) is 6.79 Å². The third kappa shape index (κ3) is 1.52. The minimum atomic E-state index is -0.583. The summed E-state index contributed by atoms with van der Waals surface area (Å²) in [7, 11) is 0. The highest BCUT2D eigenvalue weighted by Crippen LogP contribution is 2.32. The van der Waals surface area contributed by atoms with E-state index in [9.17, 15) is 4.79 Å². The maximum Gasteiger partial charge on any atom is 0.492 e. The summed E-state index contributed by atoms with van der Waals surface area (Å²) in [4.78, 5) is 12.0. The summed E-state index contributed by atoms with van der Waals surface area (Å²) in [5.41, 5.74) is 0.929. The maximum atomic E-state index is 10.7. The molecule has 1 N–H and O–H groups in total. The molecule has 0 unspecified atom stereocenters. The van der Waals surface area contributed by atoms with Crippen LogP contribution in [0.3, 0.4) is 0 Å². The molecule has 7 nitrogen and oxygen atoms in total. The Morgan fingerprint density at radius 1 is 1.38 bits per heavy atom. The summed E-state index contributed by atoms with van der Waals surface area (Å²) in [5.74, 6) is 0.840. The average Bonchev–Trinajstić information content (AvgIpc) is 2.87. The van der Waals surface area contributed by atoms with Gasteiger partial charge in [-0.05, 0) is 18.2 Å². The zero-order valence-electron chi connectivity index (χ0n) is 8.17. The Bertz CT molecular complexity index is 574. The fourth-order valence-corrected chi connectivity index (χ4v) is 1.51. The molecule has 0 atom stereocenters. The zero-order chi connectivity index (χ0) is 11.0. The Labute approximate surface area is 89.2 Å². The second-order valence-corrected chi connectivity index (χ2v) is 3.32. The molecule has 0 aliphatic carbocycles. The van der Waals surface area contributed by atoms with Crippen LogP contribution in [0.2, 0.25) is 0 Å². The molecule has 0 spiro atoms. The van der Waals surface area contributed by atoms with Crippen molar-refractivity contribution >= 4 is 0 Å². The Kier molecular flexibility index (Phi) is 1.89. The molecule has 3 rings (SSSR count). The number of aromatic nitrogens is 3. The third-order valence-corrected chi connectivity index (χ3v) is 2.21. The van der Waals surface area contributed by atoms with E-state index in [0.717, 1.165) is 11.3 Å². The van der Waals surface area contributed by atoms with Crippen LogP contribution in [-0.4, -0.2) is 17.2 Å². The number of nitrogens with zero attached hydrogens (tertiary/aromatic N) is 2. The Morgan fingerprint density at radius 2 is 2.25 bits per heavy atom. The highest BCUT2D eigenvalue weighted by Gasteiger charge is 2.16. The van der Waals surface area contributed by atoms with Crippen LogP contribution in [0.25, 0.3) is 0 Å². The summed E-state index contributed by atoms with van der Waals surface area (Å²) in [6.45, 7) is 0.648. The molecule has 0 radical (unpaired) electrons. The lowest BCUT2D eigenvalue weighted by molar-refractivity contribution is -0.805. The van der Waals surface area contributed by atoms with Crippen LogP contribution in [0.4, 0.5) is 0 Å². The summed E-state index contributed by atoms with van der Waals surface area (Å²) in [5, 5.41) is 5.91. The molecule has 1 aromatic carbocycles. The fourth-order valence-electron chi connectivity index (χ4n) is 1.51. The molecule has 1 aromatic heterocycles. The Morgan fingerprint density at radius 3 is 3.06 bits per heavy atom. The average molecular weight is 222 g/mol. The van der Waals surface area contributed by atoms with E-state index < -0.39 is 5.76 Å². The molecule has 1 aliphatic rings. The number of H-pyrrole nitrogens is 1. The number of fused-ring (bicyclic) bond motifs is 1. The van der Waals surface area contributed by atoms with Gasteiger partial charge in [-0.1, -0.05) is 5.10 Å². The molecule has 0 saturated carbocycles. The van der Waals surface area contributed by atoms with Crippen molar-refractivity contribution in [3.63, 3.8) is 0 Å². The van der Waals surface area contributed by atoms with Gasteiger partial charge in [0.15, 0.2) is 11.5 Å². The first-order chi connectivity index (χ1) is 7.81. The van der Waals surface area contributed by atoms with Crippen LogP contribution in [0, 0.1) is 0 Å². The molecular formula is C9H8N3O4+. The van der Waals surface area contributed by atoms with Crippen molar-refractivity contribution in [3.05, 3.63) is 34.3 Å². The smallest absolute Gasteiger partial charge is 0.454 e. The number of hydrogen-bond donors (Lipinski definition) is 1. The normalized spacial score (nSPS) is 13.0. The van der Waals surface area contributed by atoms with E-state index in [1.807, 2.05) is 18.2 Å². The number of hydrogen-bond acceptors (Lipinski definition) is 5. The van der Waals surface area contributed by atoms with Gasteiger partial charge >= 0.3 is 5.76 Å². The first-order valence-electron chi connectivity index (χ1n) is 4.66. The lowest BCUT2D eigenvalue weighted by atomic mass is 10.2. The van der Waals surface area contributed by atoms with E-state index in [1.54, 1.807) is 0 Å². The number of aromatic amines is 1. The lowest BCUT2D eigenvalue weighted by Gasteiger charge is -1.96. The van der Waals surface area contributed by atoms with Gasteiger partial charge in [-0.25, -0.2) is 9.32 Å². The molecule has 16 heavy (non-hydrogen) atoms. The van der Waals surface area contributed by atoms with E-state index in [-0.39, 0.29) is 6.79 Å². The lowest BCUT2D eigenvalue weighted by Crippen LogP contribution is -2.40. The molecule has 0 fully saturated rings. The van der Waals surface area contributed by atoms with E-state index in [0.29, 0.717) is 12.3 Å². The molecule has 1 aliphatic heterocycles. The van der Waals surface area contributed by atoms with E-state index >= 15 is 0 Å². The summed E-state index contributed by atoms with van der Waals surface area (Å²) in [6.07, 6.45) is 0. The molecule has 0 amide bonds. The number of rotatable bonds is 2. The van der Waals surface area contributed by atoms with Crippen molar-refractivity contribution in [1.82, 2.24) is 10.4 Å². The van der Waals surface area contributed by atoms with Gasteiger partial charge in [-0.15, -0.1) is 0 Å². The van der Waals surface area contributed by atoms with Gasteiger partial charge in [0.05, 0.1) is 0 Å². The first-order valence-corrected chi connectivity index (χ1v) is 4.66. The topological polar surface area (TPSA) is 81.2 Å². The molecule has 2 heterocycles. The van der Waals surface area contributed by atoms with Gasteiger partial charge in [0.25, 0.3) is 0 Å². The first kappa shape index (κ1) is 8.96. The van der Waals surface area contributed by atoms with E-state index in [1.165, 1.54) is 4.80 Å². The number of ether oxygens (including phenoxy) is 2. The molecular weight excluding hydrogens is 214 g/mol. The van der Waals surface area contributed by atoms with Crippen LogP contribution in [0.5, 0.6) is 11.5 Å². The predicted molar refractivity (Wildman–Crippen MR) is 49.0 cm³/mol. The number of nitrogens with one attached hydrogen (secondary N) is 1. The van der Waals surface area contributed by atoms with Crippen molar-refractivity contribution in [3.8, 4) is 11.5 Å². The van der Waals surface area contributed by atoms with Crippen LogP contribution < -0.4 is 20.0 Å². The van der Waals surface area contributed by atoms with Crippen LogP contribution in [-0.2, 0) is 6.54 Å². The van der Waals surface area contributed by atoms with Crippen molar-refractivity contribution in [1.29, 1.82) is 0 Å². The predicted octanol–water partition coefficient (Wildman–Crippen LogP) is -0.573. The van der Waals surface area contributed by atoms with Gasteiger partial charge in [-0.2, -0.15) is 0 Å². The van der Waals surface area contributed by atoms with Crippen LogP contribution in [0.15, 0.2) is 27.5 Å². The minimum absolute atomic E-state index is 0.243. The second kappa shape index (κ2) is 3.37. The number of benzene rings is 1. The quantitative estimate of drug-likeness (QED) is 0.688. The standard InChI is InChI=1S/C9H7N3O4/c13-9-10-12(11-16-9)4-6-1-2-7-8(3-6)15-5-14-7/h1-3H,4-5H2/p+1. The highest BCUT2D eigenvalue weighted by atomic mass is 16.7. The van der Waals surface area contributed by atoms with Gasteiger partial charge in [0.2, 0.25) is 18.6 Å². The molecule has 0 saturated heterocycles. The van der Waals surface area contributed by atoms with Gasteiger partial charge in [-0.3, -0.25) is 0 Å². The Balaban J connectivity index is 1.88. The summed E-state index contributed by atoms with van der Waals surface area (Å²) >= 11 is 0. The maximum absolute atomic E-state index is 10.7. The van der Waals surface area contributed by atoms with Gasteiger partial charge in [0, 0.05) is 10.4 Å². The second-order valence-electron chi connectivity index (χ2n) is 3.32. The van der Waals surface area contributed by atoms with Crippen molar-refractivity contribution in [2.24, 2.45) is 0 Å². The van der Waals surface area contributed by atoms with Gasteiger partial charge in [0.1, 0.15) is 0 Å². The molecule has 7 heteroatoms. The monoisotopic (exact) mass is 222 g/mol. The van der Waals surface area contributed by atoms with Crippen molar-refractivity contribution < 1.29 is 18.8 Å². The minimum Gasteiger partial charge on any atom is -0.454 e. The highest BCUT2D eigenvalue weighted by molar-refractivity contribution is 5.44. The van der Waals surface area contributed by atoms with E-state index in [2.05, 4.69) is 14.9 Å². The zero-order valence-corrected chi connectivity index (χ0v) is 8.17. The largest absolute Gasteiger partial charge is 0.492 e. The molecule has 0 bridgehead atoms. The van der Waals surface area contributed by atoms with E-state index in [4.69, 9.17) is 9.47 Å². The SMILES string of the molecule is O=c1[nH][n+](Cc2ccc3c(c2)OCO3)no1. The van der Waals surface area contributed by atoms with Crippen LogP contribution >= 0.6 is 0 Å². The summed E-state index contributed by atoms with van der Waals surface area (Å²) in [6, 6.07) is 5.52. The molecule has 2 aromatic rings. The summed E-state index contributed by atoms with van der Waals surface area (Å²) < 4.78 is 14.8.